The predicted molar refractivity (Wildman–Crippen MR) is 80.3 cm³/mol. The summed E-state index contributed by atoms with van der Waals surface area (Å²) in [5.74, 6) is 0.598. The third-order valence-electron chi connectivity index (χ3n) is 3.58. The highest BCUT2D eigenvalue weighted by Gasteiger charge is 2.31. The Morgan fingerprint density at radius 3 is 2.53 bits per heavy atom. The summed E-state index contributed by atoms with van der Waals surface area (Å²) in [5, 5.41) is 2.92. The summed E-state index contributed by atoms with van der Waals surface area (Å²) >= 11 is 0. The molecule has 4 nitrogen and oxygen atoms in total. The first-order valence-electron chi connectivity index (χ1n) is 7.43. The van der Waals surface area contributed by atoms with Gasteiger partial charge in [0.1, 0.15) is 0 Å². The lowest BCUT2D eigenvalue weighted by molar-refractivity contribution is -0.134. The normalized spacial score (nSPS) is 15.8. The molecular weight excluding hydrogens is 242 g/mol. The zero-order valence-electron chi connectivity index (χ0n) is 13.3. The molecule has 0 aromatic rings. The van der Waals surface area contributed by atoms with Crippen molar-refractivity contribution in [1.29, 1.82) is 0 Å². The minimum atomic E-state index is -0.445. The van der Waals surface area contributed by atoms with Crippen LogP contribution in [0.25, 0.3) is 0 Å². The first kappa shape index (κ1) is 18.4. The lowest BCUT2D eigenvalue weighted by Crippen LogP contribution is -2.43. The van der Waals surface area contributed by atoms with Crippen LogP contribution in [0.4, 0.5) is 0 Å². The van der Waals surface area contributed by atoms with E-state index in [2.05, 4.69) is 19.2 Å². The minimum Gasteiger partial charge on any atom is -0.380 e. The molecule has 116 valence electrons. The van der Waals surface area contributed by atoms with Crippen LogP contribution in [0.15, 0.2) is 0 Å². The van der Waals surface area contributed by atoms with Gasteiger partial charge in [0, 0.05) is 21.2 Å². The average molecular weight is 275 g/mol. The summed E-state index contributed by atoms with van der Waals surface area (Å²) in [6.45, 7) is 13.2. The summed E-state index contributed by atoms with van der Waals surface area (Å²) in [4.78, 5) is 12.2. The van der Waals surface area contributed by atoms with Crippen molar-refractivity contribution >= 4 is 5.91 Å². The van der Waals surface area contributed by atoms with E-state index in [4.69, 9.17) is 9.47 Å². The maximum atomic E-state index is 12.2. The summed E-state index contributed by atoms with van der Waals surface area (Å²) in [6.07, 6.45) is 1.87. The number of ether oxygens (including phenoxy) is 2. The molecule has 0 spiro atoms. The van der Waals surface area contributed by atoms with Crippen molar-refractivity contribution in [2.75, 3.05) is 33.0 Å². The molecule has 0 heterocycles. The largest absolute Gasteiger partial charge is 0.380 e. The number of amides is 1. The number of carbonyl (C=O) groups excluding carboxylic acids is 1. The van der Waals surface area contributed by atoms with Crippen molar-refractivity contribution in [2.45, 2.75) is 47.5 Å². The van der Waals surface area contributed by atoms with E-state index in [1.165, 1.54) is 0 Å². The van der Waals surface area contributed by atoms with Crippen LogP contribution in [0.1, 0.15) is 48.9 Å². The molecule has 4 heteroatoms. The van der Waals surface area contributed by atoms with Gasteiger partial charge < -0.3 is 14.8 Å². The highest BCUT2D eigenvalue weighted by molar-refractivity contribution is 5.82. The van der Waals surface area contributed by atoms with E-state index < -0.39 is 5.41 Å². The van der Waals surface area contributed by atoms with Gasteiger partial charge in [-0.05, 0) is 26.2 Å². The molecule has 0 rings (SSSR count). The maximum Gasteiger partial charge on any atom is 0.228 e. The van der Waals surface area contributed by atoms with Crippen LogP contribution >= 0.6 is 0 Å². The zero-order valence-corrected chi connectivity index (χ0v) is 13.3. The molecule has 1 N–H and O–H groups in total. The van der Waals surface area contributed by atoms with Gasteiger partial charge in [0.25, 0.3) is 0 Å². The topological polar surface area (TPSA) is 47.6 Å². The Morgan fingerprint density at radius 1 is 1.32 bits per heavy atom. The van der Waals surface area contributed by atoms with E-state index in [-0.39, 0.29) is 7.33 Å². The van der Waals surface area contributed by atoms with Crippen molar-refractivity contribution in [2.24, 2.45) is 11.3 Å². The molecule has 2 atom stereocenters. The van der Waals surface area contributed by atoms with Gasteiger partial charge in [-0.3, -0.25) is 4.79 Å². The highest BCUT2D eigenvalue weighted by Crippen LogP contribution is 2.22. The lowest BCUT2D eigenvalue weighted by atomic mass is 9.87. The SMILES string of the molecule is CCOCCNC(=O)C(C)(CC)COCC(C)CC.[HH]. The second-order valence-electron chi connectivity index (χ2n) is 5.40. The number of hydrogen-bond acceptors (Lipinski definition) is 3. The molecular formula is C15H33NO3. The van der Waals surface area contributed by atoms with Gasteiger partial charge in [0.05, 0.1) is 18.6 Å². The molecule has 0 saturated heterocycles. The summed E-state index contributed by atoms with van der Waals surface area (Å²) < 4.78 is 10.9. The number of hydrogen-bond donors (Lipinski definition) is 1. The standard InChI is InChI=1S/C15H31NO3.H2/c1-6-13(4)11-19-12-15(5,7-2)14(17)16-9-10-18-8-3;/h13H,6-12H2,1-5H3,(H,16,17);1H. The Balaban J connectivity index is 0. The Hall–Kier alpha value is -0.610. The van der Waals surface area contributed by atoms with E-state index in [1.54, 1.807) is 0 Å². The second-order valence-corrected chi connectivity index (χ2v) is 5.40. The average Bonchev–Trinajstić information content (AvgIpc) is 2.42. The molecule has 0 aliphatic heterocycles. The molecule has 0 aromatic heterocycles. The Morgan fingerprint density at radius 2 is 2.00 bits per heavy atom. The smallest absolute Gasteiger partial charge is 0.228 e. The summed E-state index contributed by atoms with van der Waals surface area (Å²) in [5.41, 5.74) is -0.445. The summed E-state index contributed by atoms with van der Waals surface area (Å²) in [7, 11) is 0. The lowest BCUT2D eigenvalue weighted by Gasteiger charge is -2.27. The molecule has 0 aromatic carbocycles. The van der Waals surface area contributed by atoms with Crippen LogP contribution in [-0.2, 0) is 14.3 Å². The number of nitrogens with one attached hydrogen (secondary N) is 1. The van der Waals surface area contributed by atoms with Crippen LogP contribution in [0.2, 0.25) is 0 Å². The molecule has 0 fully saturated rings. The van der Waals surface area contributed by atoms with Crippen molar-refractivity contribution < 1.29 is 15.7 Å². The third-order valence-corrected chi connectivity index (χ3v) is 3.58. The minimum absolute atomic E-state index is 0. The molecule has 19 heavy (non-hydrogen) atoms. The maximum absolute atomic E-state index is 12.2. The fourth-order valence-corrected chi connectivity index (χ4v) is 1.53. The Bertz CT molecular complexity index is 251. The first-order valence-corrected chi connectivity index (χ1v) is 7.43. The van der Waals surface area contributed by atoms with Crippen LogP contribution in [-0.4, -0.2) is 38.9 Å². The van der Waals surface area contributed by atoms with E-state index in [1.807, 2.05) is 20.8 Å². The molecule has 0 aliphatic carbocycles. The van der Waals surface area contributed by atoms with Crippen LogP contribution in [0.3, 0.4) is 0 Å². The number of carbonyl (C=O) groups is 1. The van der Waals surface area contributed by atoms with Gasteiger partial charge in [0.15, 0.2) is 0 Å². The van der Waals surface area contributed by atoms with Gasteiger partial charge >= 0.3 is 0 Å². The molecule has 0 bridgehead atoms. The van der Waals surface area contributed by atoms with Crippen molar-refractivity contribution in [3.63, 3.8) is 0 Å². The van der Waals surface area contributed by atoms with E-state index in [9.17, 15) is 4.79 Å². The van der Waals surface area contributed by atoms with Gasteiger partial charge in [-0.1, -0.05) is 27.2 Å². The molecule has 0 radical (unpaired) electrons. The molecule has 1 amide bonds. The number of rotatable bonds is 11. The van der Waals surface area contributed by atoms with Gasteiger partial charge in [0.2, 0.25) is 5.91 Å². The van der Waals surface area contributed by atoms with Crippen molar-refractivity contribution in [3.8, 4) is 0 Å². The van der Waals surface area contributed by atoms with E-state index >= 15 is 0 Å². The quantitative estimate of drug-likeness (QED) is 0.590. The second kappa shape index (κ2) is 10.2. The van der Waals surface area contributed by atoms with Gasteiger partial charge in [-0.15, -0.1) is 0 Å². The predicted octanol–water partition coefficient (Wildman–Crippen LogP) is 2.86. The van der Waals surface area contributed by atoms with Crippen LogP contribution in [0, 0.1) is 11.3 Å². The Labute approximate surface area is 119 Å². The molecule has 2 unspecified atom stereocenters. The van der Waals surface area contributed by atoms with Gasteiger partial charge in [-0.25, -0.2) is 0 Å². The zero-order chi connectivity index (χ0) is 14.7. The molecule has 0 aliphatic rings. The van der Waals surface area contributed by atoms with E-state index in [0.717, 1.165) is 19.4 Å². The van der Waals surface area contributed by atoms with Crippen LogP contribution < -0.4 is 5.32 Å². The first-order chi connectivity index (χ1) is 9.00. The van der Waals surface area contributed by atoms with Gasteiger partial charge in [-0.2, -0.15) is 0 Å². The fraction of sp³-hybridized carbons (Fsp3) is 0.933. The van der Waals surface area contributed by atoms with E-state index in [0.29, 0.717) is 32.3 Å². The van der Waals surface area contributed by atoms with Crippen LogP contribution in [0.5, 0.6) is 0 Å². The Kier molecular flexibility index (Phi) is 9.88. The fourth-order valence-electron chi connectivity index (χ4n) is 1.53. The van der Waals surface area contributed by atoms with Crippen molar-refractivity contribution in [3.05, 3.63) is 0 Å². The highest BCUT2D eigenvalue weighted by atomic mass is 16.5. The molecule has 0 saturated carbocycles. The summed E-state index contributed by atoms with van der Waals surface area (Å²) in [6, 6.07) is 0. The monoisotopic (exact) mass is 275 g/mol. The third kappa shape index (κ3) is 7.53. The van der Waals surface area contributed by atoms with Crippen molar-refractivity contribution in [1.82, 2.24) is 5.32 Å².